The minimum Gasteiger partial charge on any atom is -0.330 e. The number of unbranched alkanes of at least 4 members (excludes halogenated alkanes) is 3. The van der Waals surface area contributed by atoms with Gasteiger partial charge in [0, 0.05) is 12.0 Å². The highest BCUT2D eigenvalue weighted by Gasteiger charge is 2.07. The van der Waals surface area contributed by atoms with Gasteiger partial charge in [0.1, 0.15) is 5.82 Å². The van der Waals surface area contributed by atoms with Crippen LogP contribution < -0.4 is 5.73 Å². The van der Waals surface area contributed by atoms with E-state index in [2.05, 4.69) is 0 Å². The van der Waals surface area contributed by atoms with Crippen LogP contribution in [-0.4, -0.2) is 12.3 Å². The standard InChI is InChI=1S/C14H20FNO/c1-11-7-8-12(10-13(11)15)14(17)6-4-2-3-5-9-16/h7-8,10H,2-6,9,16H2,1H3. The number of benzene rings is 1. The summed E-state index contributed by atoms with van der Waals surface area (Å²) in [5.41, 5.74) is 6.44. The largest absolute Gasteiger partial charge is 0.330 e. The number of nitrogens with two attached hydrogens (primary N) is 1. The summed E-state index contributed by atoms with van der Waals surface area (Å²) in [6.07, 6.45) is 4.43. The minimum absolute atomic E-state index is 0.0247. The molecule has 0 aliphatic carbocycles. The van der Waals surface area contributed by atoms with Gasteiger partial charge in [-0.1, -0.05) is 25.0 Å². The molecular formula is C14H20FNO. The van der Waals surface area contributed by atoms with Crippen molar-refractivity contribution in [2.75, 3.05) is 6.54 Å². The molecule has 0 aliphatic rings. The van der Waals surface area contributed by atoms with Crippen LogP contribution in [-0.2, 0) is 0 Å². The summed E-state index contributed by atoms with van der Waals surface area (Å²) in [5, 5.41) is 0. The summed E-state index contributed by atoms with van der Waals surface area (Å²) in [5.74, 6) is -0.282. The fourth-order valence-corrected chi connectivity index (χ4v) is 1.69. The fraction of sp³-hybridized carbons (Fsp3) is 0.500. The molecule has 0 atom stereocenters. The Balaban J connectivity index is 2.39. The van der Waals surface area contributed by atoms with E-state index in [4.69, 9.17) is 5.73 Å². The van der Waals surface area contributed by atoms with Gasteiger partial charge >= 0.3 is 0 Å². The van der Waals surface area contributed by atoms with Crippen molar-refractivity contribution < 1.29 is 9.18 Å². The van der Waals surface area contributed by atoms with Gasteiger partial charge in [-0.3, -0.25) is 4.79 Å². The number of hydrogen-bond acceptors (Lipinski definition) is 2. The first-order chi connectivity index (χ1) is 8.15. The quantitative estimate of drug-likeness (QED) is 0.584. The Morgan fingerprint density at radius 2 is 1.94 bits per heavy atom. The second kappa shape index (κ2) is 7.17. The lowest BCUT2D eigenvalue weighted by Gasteiger charge is -2.03. The molecule has 0 aliphatic heterocycles. The molecule has 0 amide bonds. The summed E-state index contributed by atoms with van der Waals surface area (Å²) in [4.78, 5) is 11.7. The van der Waals surface area contributed by atoms with Crippen molar-refractivity contribution in [1.82, 2.24) is 0 Å². The molecule has 0 saturated carbocycles. The van der Waals surface area contributed by atoms with Crippen LogP contribution in [0, 0.1) is 12.7 Å². The molecule has 2 N–H and O–H groups in total. The second-order valence-electron chi connectivity index (χ2n) is 4.34. The number of ketones is 1. The second-order valence-corrected chi connectivity index (χ2v) is 4.34. The molecule has 0 aromatic heterocycles. The maximum Gasteiger partial charge on any atom is 0.162 e. The van der Waals surface area contributed by atoms with Gasteiger partial charge in [0.2, 0.25) is 0 Å². The molecule has 0 unspecified atom stereocenters. The Morgan fingerprint density at radius 3 is 2.59 bits per heavy atom. The van der Waals surface area contributed by atoms with Crippen LogP contribution in [0.3, 0.4) is 0 Å². The first-order valence-corrected chi connectivity index (χ1v) is 6.14. The van der Waals surface area contributed by atoms with Gasteiger partial charge in [-0.2, -0.15) is 0 Å². The van der Waals surface area contributed by atoms with Crippen molar-refractivity contribution in [3.8, 4) is 0 Å². The number of aryl methyl sites for hydroxylation is 1. The highest BCUT2D eigenvalue weighted by Crippen LogP contribution is 2.13. The fourth-order valence-electron chi connectivity index (χ4n) is 1.69. The highest BCUT2D eigenvalue weighted by atomic mass is 19.1. The average molecular weight is 237 g/mol. The lowest BCUT2D eigenvalue weighted by molar-refractivity contribution is 0.0978. The van der Waals surface area contributed by atoms with E-state index in [0.717, 1.165) is 25.7 Å². The maximum atomic E-state index is 13.3. The predicted octanol–water partition coefficient (Wildman–Crippen LogP) is 3.23. The Morgan fingerprint density at radius 1 is 1.24 bits per heavy atom. The van der Waals surface area contributed by atoms with Gasteiger partial charge in [0.25, 0.3) is 0 Å². The van der Waals surface area contributed by atoms with Crippen molar-refractivity contribution >= 4 is 5.78 Å². The first-order valence-electron chi connectivity index (χ1n) is 6.14. The van der Waals surface area contributed by atoms with Gasteiger partial charge < -0.3 is 5.73 Å². The average Bonchev–Trinajstić information content (AvgIpc) is 2.32. The topological polar surface area (TPSA) is 43.1 Å². The Labute approximate surface area is 102 Å². The zero-order valence-electron chi connectivity index (χ0n) is 10.3. The van der Waals surface area contributed by atoms with Gasteiger partial charge in [0.15, 0.2) is 5.78 Å². The highest BCUT2D eigenvalue weighted by molar-refractivity contribution is 5.96. The smallest absolute Gasteiger partial charge is 0.162 e. The normalized spacial score (nSPS) is 10.5. The van der Waals surface area contributed by atoms with E-state index in [-0.39, 0.29) is 11.6 Å². The molecule has 1 rings (SSSR count). The molecule has 94 valence electrons. The molecule has 0 saturated heterocycles. The van der Waals surface area contributed by atoms with Crippen molar-refractivity contribution in [2.45, 2.75) is 39.0 Å². The molecule has 0 spiro atoms. The summed E-state index contributed by atoms with van der Waals surface area (Å²) in [7, 11) is 0. The van der Waals surface area contributed by atoms with Crippen molar-refractivity contribution in [1.29, 1.82) is 0 Å². The van der Waals surface area contributed by atoms with Crippen molar-refractivity contribution in [3.63, 3.8) is 0 Å². The van der Waals surface area contributed by atoms with E-state index in [1.54, 1.807) is 19.1 Å². The lowest BCUT2D eigenvalue weighted by atomic mass is 10.0. The molecule has 1 aromatic rings. The molecule has 2 nitrogen and oxygen atoms in total. The van der Waals surface area contributed by atoms with Gasteiger partial charge in [0.05, 0.1) is 0 Å². The van der Waals surface area contributed by atoms with Crippen molar-refractivity contribution in [2.24, 2.45) is 5.73 Å². The van der Waals surface area contributed by atoms with Gasteiger partial charge in [-0.05, 0) is 37.9 Å². The third-order valence-electron chi connectivity index (χ3n) is 2.85. The Hall–Kier alpha value is -1.22. The third-order valence-corrected chi connectivity index (χ3v) is 2.85. The maximum absolute atomic E-state index is 13.3. The predicted molar refractivity (Wildman–Crippen MR) is 67.6 cm³/mol. The molecule has 0 fully saturated rings. The monoisotopic (exact) mass is 237 g/mol. The zero-order valence-corrected chi connectivity index (χ0v) is 10.3. The molecule has 17 heavy (non-hydrogen) atoms. The number of Topliss-reactive ketones (excluding diaryl/α,β-unsaturated/α-hetero) is 1. The van der Waals surface area contributed by atoms with E-state index in [0.29, 0.717) is 24.1 Å². The zero-order chi connectivity index (χ0) is 12.7. The number of rotatable bonds is 7. The van der Waals surface area contributed by atoms with Crippen LogP contribution in [0.25, 0.3) is 0 Å². The Bertz CT molecular complexity index is 376. The number of carbonyl (C=O) groups excluding carboxylic acids is 1. The number of carbonyl (C=O) groups is 1. The van der Waals surface area contributed by atoms with Crippen LogP contribution in [0.15, 0.2) is 18.2 Å². The van der Waals surface area contributed by atoms with Crippen LogP contribution in [0.2, 0.25) is 0 Å². The first kappa shape index (κ1) is 13.8. The molecule has 0 bridgehead atoms. The van der Waals surface area contributed by atoms with E-state index < -0.39 is 0 Å². The lowest BCUT2D eigenvalue weighted by Crippen LogP contribution is -2.01. The SMILES string of the molecule is Cc1ccc(C(=O)CCCCCCN)cc1F. The summed E-state index contributed by atoms with van der Waals surface area (Å²) >= 11 is 0. The van der Waals surface area contributed by atoms with Crippen LogP contribution in [0.1, 0.15) is 48.0 Å². The molecule has 3 heteroatoms. The van der Waals surface area contributed by atoms with Crippen LogP contribution in [0.4, 0.5) is 4.39 Å². The van der Waals surface area contributed by atoms with E-state index in [1.807, 2.05) is 0 Å². The van der Waals surface area contributed by atoms with Gasteiger partial charge in [-0.25, -0.2) is 4.39 Å². The molecule has 0 heterocycles. The molecular weight excluding hydrogens is 217 g/mol. The Kier molecular flexibility index (Phi) is 5.84. The molecule has 0 radical (unpaired) electrons. The number of halogens is 1. The van der Waals surface area contributed by atoms with Gasteiger partial charge in [-0.15, -0.1) is 0 Å². The van der Waals surface area contributed by atoms with E-state index >= 15 is 0 Å². The van der Waals surface area contributed by atoms with E-state index in [9.17, 15) is 9.18 Å². The summed E-state index contributed by atoms with van der Waals surface area (Å²) < 4.78 is 13.3. The van der Waals surface area contributed by atoms with E-state index in [1.165, 1.54) is 6.07 Å². The van der Waals surface area contributed by atoms with Crippen LogP contribution in [0.5, 0.6) is 0 Å². The van der Waals surface area contributed by atoms with Crippen LogP contribution >= 0.6 is 0 Å². The summed E-state index contributed by atoms with van der Waals surface area (Å²) in [6.45, 7) is 2.40. The third kappa shape index (κ3) is 4.65. The molecule has 1 aromatic carbocycles. The van der Waals surface area contributed by atoms with Crippen molar-refractivity contribution in [3.05, 3.63) is 35.1 Å². The summed E-state index contributed by atoms with van der Waals surface area (Å²) in [6, 6.07) is 4.68. The minimum atomic E-state index is -0.306. The number of hydrogen-bond donors (Lipinski definition) is 1.